The molecule has 7 heteroatoms. The van der Waals surface area contributed by atoms with Crippen molar-refractivity contribution in [3.05, 3.63) is 53.7 Å². The SMILES string of the molecule is CN(Cc1ccoc1)C(=O)Nc1ccc(C(=O)O)c(F)c1. The number of carboxylic acids is 1. The number of furan rings is 1. The molecule has 0 spiro atoms. The Balaban J connectivity index is 2.02. The molecule has 0 bridgehead atoms. The Morgan fingerprint density at radius 1 is 1.38 bits per heavy atom. The summed E-state index contributed by atoms with van der Waals surface area (Å²) < 4.78 is 18.4. The Bertz CT molecular complexity index is 655. The molecule has 0 atom stereocenters. The van der Waals surface area contributed by atoms with Crippen molar-refractivity contribution < 1.29 is 23.5 Å². The van der Waals surface area contributed by atoms with Crippen molar-refractivity contribution in [2.75, 3.05) is 12.4 Å². The number of nitrogens with one attached hydrogen (secondary N) is 1. The first-order valence-electron chi connectivity index (χ1n) is 6.03. The first kappa shape index (κ1) is 14.6. The Hall–Kier alpha value is -2.83. The molecular weight excluding hydrogens is 279 g/mol. The zero-order chi connectivity index (χ0) is 15.4. The number of carbonyl (C=O) groups is 2. The van der Waals surface area contributed by atoms with E-state index in [9.17, 15) is 14.0 Å². The number of carbonyl (C=O) groups excluding carboxylic acids is 1. The third-order valence-electron chi connectivity index (χ3n) is 2.80. The van der Waals surface area contributed by atoms with Gasteiger partial charge < -0.3 is 19.7 Å². The molecule has 21 heavy (non-hydrogen) atoms. The van der Waals surface area contributed by atoms with Gasteiger partial charge in [0.2, 0.25) is 0 Å². The van der Waals surface area contributed by atoms with Gasteiger partial charge in [-0.15, -0.1) is 0 Å². The highest BCUT2D eigenvalue weighted by atomic mass is 19.1. The molecule has 0 aliphatic heterocycles. The lowest BCUT2D eigenvalue weighted by molar-refractivity contribution is 0.0692. The maximum Gasteiger partial charge on any atom is 0.338 e. The molecule has 0 unspecified atom stereocenters. The number of rotatable bonds is 4. The molecule has 2 amide bonds. The van der Waals surface area contributed by atoms with E-state index in [0.29, 0.717) is 6.54 Å². The van der Waals surface area contributed by atoms with Crippen LogP contribution < -0.4 is 5.32 Å². The molecule has 0 aliphatic rings. The number of amides is 2. The van der Waals surface area contributed by atoms with Crippen LogP contribution in [0.2, 0.25) is 0 Å². The van der Waals surface area contributed by atoms with Crippen molar-refractivity contribution in [3.63, 3.8) is 0 Å². The Labute approximate surface area is 119 Å². The lowest BCUT2D eigenvalue weighted by Crippen LogP contribution is -2.30. The smallest absolute Gasteiger partial charge is 0.338 e. The van der Waals surface area contributed by atoms with E-state index in [-0.39, 0.29) is 5.69 Å². The van der Waals surface area contributed by atoms with E-state index < -0.39 is 23.4 Å². The normalized spacial score (nSPS) is 10.2. The van der Waals surface area contributed by atoms with Gasteiger partial charge in [-0.2, -0.15) is 0 Å². The summed E-state index contributed by atoms with van der Waals surface area (Å²) in [5.74, 6) is -2.26. The van der Waals surface area contributed by atoms with E-state index in [1.54, 1.807) is 13.1 Å². The van der Waals surface area contributed by atoms with Crippen LogP contribution in [-0.2, 0) is 6.54 Å². The van der Waals surface area contributed by atoms with Gasteiger partial charge in [0.1, 0.15) is 5.82 Å². The van der Waals surface area contributed by atoms with E-state index in [4.69, 9.17) is 9.52 Å². The summed E-state index contributed by atoms with van der Waals surface area (Å²) >= 11 is 0. The number of carboxylic acid groups (broad SMARTS) is 1. The first-order valence-corrected chi connectivity index (χ1v) is 6.03. The molecule has 0 fully saturated rings. The van der Waals surface area contributed by atoms with Gasteiger partial charge in [0.05, 0.1) is 24.6 Å². The minimum atomic E-state index is -1.36. The van der Waals surface area contributed by atoms with E-state index in [1.807, 2.05) is 0 Å². The van der Waals surface area contributed by atoms with Crippen molar-refractivity contribution in [2.24, 2.45) is 0 Å². The highest BCUT2D eigenvalue weighted by Crippen LogP contribution is 2.15. The summed E-state index contributed by atoms with van der Waals surface area (Å²) in [6, 6.07) is 4.68. The van der Waals surface area contributed by atoms with Gasteiger partial charge in [-0.3, -0.25) is 0 Å². The van der Waals surface area contributed by atoms with Crippen LogP contribution in [0.4, 0.5) is 14.9 Å². The molecule has 0 saturated carbocycles. The zero-order valence-corrected chi connectivity index (χ0v) is 11.2. The summed E-state index contributed by atoms with van der Waals surface area (Å²) in [6.45, 7) is 0.331. The highest BCUT2D eigenvalue weighted by molar-refractivity contribution is 5.91. The number of benzene rings is 1. The van der Waals surface area contributed by atoms with Crippen molar-refractivity contribution in [1.29, 1.82) is 0 Å². The minimum absolute atomic E-state index is 0.182. The topological polar surface area (TPSA) is 82.8 Å². The third-order valence-corrected chi connectivity index (χ3v) is 2.80. The maximum atomic E-state index is 13.5. The fourth-order valence-electron chi connectivity index (χ4n) is 1.71. The van der Waals surface area contributed by atoms with Gasteiger partial charge in [-0.05, 0) is 24.3 Å². The maximum absolute atomic E-state index is 13.5. The minimum Gasteiger partial charge on any atom is -0.478 e. The zero-order valence-electron chi connectivity index (χ0n) is 11.2. The first-order chi connectivity index (χ1) is 9.97. The average molecular weight is 292 g/mol. The predicted molar refractivity (Wildman–Crippen MR) is 72.6 cm³/mol. The average Bonchev–Trinajstić information content (AvgIpc) is 2.91. The van der Waals surface area contributed by atoms with Crippen LogP contribution >= 0.6 is 0 Å². The molecule has 110 valence electrons. The second-order valence-electron chi connectivity index (χ2n) is 4.42. The van der Waals surface area contributed by atoms with Gasteiger partial charge in [0.25, 0.3) is 0 Å². The molecule has 2 N–H and O–H groups in total. The lowest BCUT2D eigenvalue weighted by Gasteiger charge is -2.17. The predicted octanol–water partition coefficient (Wildman–Crippen LogP) is 2.78. The molecule has 6 nitrogen and oxygen atoms in total. The van der Waals surface area contributed by atoms with Crippen LogP contribution in [0, 0.1) is 5.82 Å². The lowest BCUT2D eigenvalue weighted by atomic mass is 10.2. The summed E-state index contributed by atoms with van der Waals surface area (Å²) in [5, 5.41) is 11.2. The summed E-state index contributed by atoms with van der Waals surface area (Å²) in [7, 11) is 1.57. The van der Waals surface area contributed by atoms with E-state index in [2.05, 4.69) is 5.32 Å². The van der Waals surface area contributed by atoms with Crippen LogP contribution in [-0.4, -0.2) is 29.1 Å². The molecule has 0 radical (unpaired) electrons. The number of halogens is 1. The number of nitrogens with zero attached hydrogens (tertiary/aromatic N) is 1. The van der Waals surface area contributed by atoms with Crippen LogP contribution in [0.25, 0.3) is 0 Å². The largest absolute Gasteiger partial charge is 0.478 e. The summed E-state index contributed by atoms with van der Waals surface area (Å²) in [6.07, 6.45) is 3.02. The quantitative estimate of drug-likeness (QED) is 0.907. The van der Waals surface area contributed by atoms with Gasteiger partial charge in [0.15, 0.2) is 0 Å². The number of aromatic carboxylic acids is 1. The Morgan fingerprint density at radius 2 is 2.14 bits per heavy atom. The van der Waals surface area contributed by atoms with Crippen molar-refractivity contribution in [1.82, 2.24) is 4.90 Å². The van der Waals surface area contributed by atoms with Gasteiger partial charge in [-0.25, -0.2) is 14.0 Å². The van der Waals surface area contributed by atoms with Crippen LogP contribution in [0.1, 0.15) is 15.9 Å². The number of hydrogen-bond donors (Lipinski definition) is 2. The molecule has 2 aromatic rings. The molecule has 2 rings (SSSR count). The molecule has 0 aliphatic carbocycles. The van der Waals surface area contributed by atoms with Gasteiger partial charge in [0, 0.05) is 18.3 Å². The molecule has 1 aromatic carbocycles. The second-order valence-corrected chi connectivity index (χ2v) is 4.42. The van der Waals surface area contributed by atoms with E-state index in [1.165, 1.54) is 23.5 Å². The van der Waals surface area contributed by atoms with Crippen LogP contribution in [0.5, 0.6) is 0 Å². The number of anilines is 1. The molecule has 1 heterocycles. The van der Waals surface area contributed by atoms with Crippen molar-refractivity contribution >= 4 is 17.7 Å². The van der Waals surface area contributed by atoms with Crippen LogP contribution in [0.15, 0.2) is 41.2 Å². The fourth-order valence-corrected chi connectivity index (χ4v) is 1.71. The summed E-state index contributed by atoms with van der Waals surface area (Å²) in [5.41, 5.74) is 0.557. The van der Waals surface area contributed by atoms with Crippen molar-refractivity contribution in [3.8, 4) is 0 Å². The van der Waals surface area contributed by atoms with Gasteiger partial charge in [-0.1, -0.05) is 0 Å². The number of hydrogen-bond acceptors (Lipinski definition) is 3. The molecular formula is C14H13FN2O4. The molecule has 0 saturated heterocycles. The molecule has 1 aromatic heterocycles. The van der Waals surface area contributed by atoms with Crippen LogP contribution in [0.3, 0.4) is 0 Å². The fraction of sp³-hybridized carbons (Fsp3) is 0.143. The van der Waals surface area contributed by atoms with E-state index in [0.717, 1.165) is 17.7 Å². The second kappa shape index (κ2) is 6.08. The highest BCUT2D eigenvalue weighted by Gasteiger charge is 2.13. The standard InChI is InChI=1S/C14H13FN2O4/c1-17(7-9-4-5-21-8-9)14(20)16-10-2-3-11(13(18)19)12(15)6-10/h2-6,8H,7H2,1H3,(H,16,20)(H,18,19). The Kier molecular flexibility index (Phi) is 4.22. The van der Waals surface area contributed by atoms with E-state index >= 15 is 0 Å². The summed E-state index contributed by atoms with van der Waals surface area (Å²) in [4.78, 5) is 24.0. The number of urea groups is 1. The van der Waals surface area contributed by atoms with Gasteiger partial charge >= 0.3 is 12.0 Å². The Morgan fingerprint density at radius 3 is 2.71 bits per heavy atom. The third kappa shape index (κ3) is 3.59. The van der Waals surface area contributed by atoms with Crippen molar-refractivity contribution in [2.45, 2.75) is 6.54 Å². The monoisotopic (exact) mass is 292 g/mol.